The van der Waals surface area contributed by atoms with Gasteiger partial charge < -0.3 is 0 Å². The first-order valence-electron chi connectivity index (χ1n) is 8.99. The Balaban J connectivity index is 1.85. The molecule has 0 spiro atoms. The molecule has 2 heterocycles. The summed E-state index contributed by atoms with van der Waals surface area (Å²) in [5.41, 5.74) is 2.03. The molecule has 140 valence electrons. The van der Waals surface area contributed by atoms with Crippen LogP contribution >= 0.6 is 0 Å². The van der Waals surface area contributed by atoms with Gasteiger partial charge in [0.25, 0.3) is 0 Å². The lowest BCUT2D eigenvalue weighted by Gasteiger charge is -2.36. The minimum atomic E-state index is -0.668. The quantitative estimate of drug-likeness (QED) is 0.666. The van der Waals surface area contributed by atoms with Crippen LogP contribution < -0.4 is 0 Å². The van der Waals surface area contributed by atoms with E-state index in [4.69, 9.17) is 5.26 Å². The first kappa shape index (κ1) is 18.1. The van der Waals surface area contributed by atoms with Gasteiger partial charge in [0, 0.05) is 0 Å². The Kier molecular flexibility index (Phi) is 4.34. The summed E-state index contributed by atoms with van der Waals surface area (Å²) in [6, 6.07) is 7.42. The van der Waals surface area contributed by atoms with Gasteiger partial charge in [-0.25, -0.2) is 13.8 Å². The van der Waals surface area contributed by atoms with Gasteiger partial charge in [-0.3, -0.25) is 4.98 Å². The van der Waals surface area contributed by atoms with Crippen molar-refractivity contribution in [2.24, 2.45) is 0 Å². The lowest BCUT2D eigenvalue weighted by Crippen LogP contribution is -2.33. The molecule has 0 N–H and O–H groups in total. The van der Waals surface area contributed by atoms with Crippen molar-refractivity contribution in [3.63, 3.8) is 0 Å². The Morgan fingerprint density at radius 1 is 1.14 bits per heavy atom. The van der Waals surface area contributed by atoms with Crippen LogP contribution in [-0.2, 0) is 5.41 Å². The fourth-order valence-electron chi connectivity index (χ4n) is 3.77. The first-order valence-corrected chi connectivity index (χ1v) is 8.99. The number of aromatic nitrogens is 4. The van der Waals surface area contributed by atoms with Crippen LogP contribution in [0.3, 0.4) is 0 Å². The van der Waals surface area contributed by atoms with Crippen molar-refractivity contribution >= 4 is 0 Å². The highest BCUT2D eigenvalue weighted by Gasteiger charge is 2.40. The number of rotatable bonds is 2. The zero-order valence-corrected chi connectivity index (χ0v) is 15.4. The van der Waals surface area contributed by atoms with E-state index in [0.29, 0.717) is 5.69 Å². The molecule has 2 atom stereocenters. The lowest BCUT2D eigenvalue weighted by atomic mass is 9.69. The highest BCUT2D eigenvalue weighted by atomic mass is 19.1. The third kappa shape index (κ3) is 2.82. The average molecular weight is 377 g/mol. The molecular weight excluding hydrogens is 360 g/mol. The Hall–Kier alpha value is -3.27. The van der Waals surface area contributed by atoms with Crippen molar-refractivity contribution in [2.45, 2.75) is 38.0 Å². The lowest BCUT2D eigenvalue weighted by molar-refractivity contribution is 0.403. The molecule has 4 rings (SSSR count). The Morgan fingerprint density at radius 3 is 2.54 bits per heavy atom. The number of hydrogen-bond donors (Lipinski definition) is 0. The van der Waals surface area contributed by atoms with E-state index >= 15 is 0 Å². The van der Waals surface area contributed by atoms with E-state index in [9.17, 15) is 8.78 Å². The normalized spacial score (nSPS) is 21.0. The molecule has 5 nitrogen and oxygen atoms in total. The molecule has 2 aromatic heterocycles. The van der Waals surface area contributed by atoms with E-state index in [1.54, 1.807) is 12.3 Å². The second-order valence-corrected chi connectivity index (χ2v) is 7.30. The largest absolute Gasteiger partial charge is 0.256 e. The molecule has 0 saturated carbocycles. The van der Waals surface area contributed by atoms with Crippen LogP contribution in [-0.4, -0.2) is 20.2 Å². The Bertz CT molecular complexity index is 1070. The molecule has 1 aromatic carbocycles. The molecule has 1 aliphatic rings. The Morgan fingerprint density at radius 2 is 1.89 bits per heavy atom. The zero-order chi connectivity index (χ0) is 19.9. The zero-order valence-electron chi connectivity index (χ0n) is 15.4. The van der Waals surface area contributed by atoms with Crippen LogP contribution in [0.4, 0.5) is 8.78 Å². The fraction of sp³-hybridized carbons (Fsp3) is 0.286. The SMILES string of the molecule is C[C@H]1CC[C@](C)(c2cnc(C#N)cn2)c2nnc(-c3c(F)cccc3F)cc21. The third-order valence-corrected chi connectivity index (χ3v) is 5.50. The summed E-state index contributed by atoms with van der Waals surface area (Å²) in [6.45, 7) is 4.07. The number of hydrogen-bond acceptors (Lipinski definition) is 5. The summed E-state index contributed by atoms with van der Waals surface area (Å²) < 4.78 is 28.4. The van der Waals surface area contributed by atoms with Crippen LogP contribution in [0.5, 0.6) is 0 Å². The summed E-state index contributed by atoms with van der Waals surface area (Å²) in [6.07, 6.45) is 4.67. The van der Waals surface area contributed by atoms with E-state index in [-0.39, 0.29) is 22.9 Å². The molecule has 0 amide bonds. The van der Waals surface area contributed by atoms with Crippen molar-refractivity contribution in [3.05, 3.63) is 70.9 Å². The summed E-state index contributed by atoms with van der Waals surface area (Å²) in [7, 11) is 0. The van der Waals surface area contributed by atoms with E-state index < -0.39 is 17.0 Å². The summed E-state index contributed by atoms with van der Waals surface area (Å²) in [4.78, 5) is 8.53. The predicted octanol–water partition coefficient (Wildman–Crippen LogP) is 4.29. The third-order valence-electron chi connectivity index (χ3n) is 5.50. The van der Waals surface area contributed by atoms with Gasteiger partial charge in [-0.2, -0.15) is 10.4 Å². The molecule has 0 fully saturated rings. The van der Waals surface area contributed by atoms with Gasteiger partial charge in [-0.1, -0.05) is 13.0 Å². The molecular formula is C21H17F2N5. The van der Waals surface area contributed by atoms with E-state index in [2.05, 4.69) is 27.1 Å². The summed E-state index contributed by atoms with van der Waals surface area (Å²) in [5, 5.41) is 17.5. The Labute approximate surface area is 161 Å². The van der Waals surface area contributed by atoms with Gasteiger partial charge in [0.05, 0.1) is 40.5 Å². The van der Waals surface area contributed by atoms with Crippen molar-refractivity contribution in [3.8, 4) is 17.3 Å². The van der Waals surface area contributed by atoms with Crippen molar-refractivity contribution in [1.82, 2.24) is 20.2 Å². The molecule has 3 aromatic rings. The molecule has 0 aliphatic heterocycles. The topological polar surface area (TPSA) is 75.3 Å². The van der Waals surface area contributed by atoms with Gasteiger partial charge in [0.2, 0.25) is 0 Å². The molecule has 0 radical (unpaired) electrons. The van der Waals surface area contributed by atoms with Gasteiger partial charge in [0.15, 0.2) is 5.69 Å². The fourth-order valence-corrected chi connectivity index (χ4v) is 3.77. The van der Waals surface area contributed by atoms with Crippen molar-refractivity contribution in [2.75, 3.05) is 0 Å². The second kappa shape index (κ2) is 6.71. The number of nitrogens with zero attached hydrogens (tertiary/aromatic N) is 5. The maximum Gasteiger partial charge on any atom is 0.158 e. The van der Waals surface area contributed by atoms with Crippen LogP contribution in [0, 0.1) is 23.0 Å². The van der Waals surface area contributed by atoms with Crippen LogP contribution in [0.15, 0.2) is 36.7 Å². The van der Waals surface area contributed by atoms with Crippen LogP contribution in [0.25, 0.3) is 11.3 Å². The van der Waals surface area contributed by atoms with Crippen LogP contribution in [0.1, 0.15) is 55.3 Å². The smallest absolute Gasteiger partial charge is 0.158 e. The number of fused-ring (bicyclic) bond motifs is 1. The number of benzene rings is 1. The van der Waals surface area contributed by atoms with E-state index in [1.807, 2.05) is 13.0 Å². The molecule has 0 saturated heterocycles. The maximum atomic E-state index is 14.2. The molecule has 7 heteroatoms. The molecule has 1 aliphatic carbocycles. The first-order chi connectivity index (χ1) is 13.4. The predicted molar refractivity (Wildman–Crippen MR) is 98.2 cm³/mol. The van der Waals surface area contributed by atoms with Crippen molar-refractivity contribution < 1.29 is 8.78 Å². The standard InChI is InChI=1S/C21H17F2N5/c1-12-6-7-21(2,18-11-25-13(9-24)10-26-18)20-14(12)8-17(27-28-20)19-15(22)4-3-5-16(19)23/h3-5,8,10-12H,6-7H2,1-2H3/t12-,21+/m0/s1. The van der Waals surface area contributed by atoms with E-state index in [1.165, 1.54) is 24.4 Å². The van der Waals surface area contributed by atoms with Crippen LogP contribution in [0.2, 0.25) is 0 Å². The molecule has 0 bridgehead atoms. The monoisotopic (exact) mass is 377 g/mol. The number of halogens is 2. The summed E-state index contributed by atoms with van der Waals surface area (Å²) >= 11 is 0. The van der Waals surface area contributed by atoms with E-state index in [0.717, 1.165) is 24.1 Å². The highest BCUT2D eigenvalue weighted by molar-refractivity contribution is 5.62. The van der Waals surface area contributed by atoms with Gasteiger partial charge in [-0.05, 0) is 49.4 Å². The van der Waals surface area contributed by atoms with Crippen molar-refractivity contribution in [1.29, 1.82) is 5.26 Å². The second-order valence-electron chi connectivity index (χ2n) is 7.30. The van der Waals surface area contributed by atoms with Gasteiger partial charge in [-0.15, -0.1) is 5.10 Å². The molecule has 0 unspecified atom stereocenters. The minimum absolute atomic E-state index is 0.165. The minimum Gasteiger partial charge on any atom is -0.256 e. The summed E-state index contributed by atoms with van der Waals surface area (Å²) in [5.74, 6) is -1.17. The molecule has 28 heavy (non-hydrogen) atoms. The maximum absolute atomic E-state index is 14.2. The highest BCUT2D eigenvalue weighted by Crippen LogP contribution is 2.45. The number of nitriles is 1. The average Bonchev–Trinajstić information content (AvgIpc) is 2.71. The van der Waals surface area contributed by atoms with Gasteiger partial charge in [0.1, 0.15) is 17.7 Å². The van der Waals surface area contributed by atoms with Gasteiger partial charge >= 0.3 is 0 Å².